The highest BCUT2D eigenvalue weighted by Crippen LogP contribution is 2.68. The van der Waals surface area contributed by atoms with Crippen molar-refractivity contribution in [2.75, 3.05) is 6.54 Å². The Balaban J connectivity index is 1.29. The van der Waals surface area contributed by atoms with E-state index in [0.717, 1.165) is 38.1 Å². The van der Waals surface area contributed by atoms with Gasteiger partial charge in [0.1, 0.15) is 0 Å². The summed E-state index contributed by atoms with van der Waals surface area (Å²) < 4.78 is 0. The van der Waals surface area contributed by atoms with Crippen LogP contribution in [0.4, 0.5) is 0 Å². The molecule has 10 atom stereocenters. The Hall–Kier alpha value is -0.610. The first-order chi connectivity index (χ1) is 14.7. The van der Waals surface area contributed by atoms with Crippen LogP contribution in [0.25, 0.3) is 0 Å². The van der Waals surface area contributed by atoms with Crippen LogP contribution >= 0.6 is 0 Å². The summed E-state index contributed by atoms with van der Waals surface area (Å²) in [5, 5.41) is 24.8. The zero-order valence-corrected chi connectivity index (χ0v) is 20.0. The number of nitrogens with one attached hydrogen (secondary N) is 1. The Labute approximate surface area is 188 Å². The fourth-order valence-corrected chi connectivity index (χ4v) is 9.26. The monoisotopic (exact) mass is 431 g/mol. The van der Waals surface area contributed by atoms with E-state index in [-0.39, 0.29) is 28.9 Å². The predicted octanol–water partition coefficient (Wildman–Crippen LogP) is 4.53. The first-order valence-corrected chi connectivity index (χ1v) is 13.3. The molecule has 0 spiro atoms. The summed E-state index contributed by atoms with van der Waals surface area (Å²) in [4.78, 5) is 12.5. The van der Waals surface area contributed by atoms with Crippen LogP contribution in [0, 0.1) is 52.3 Å². The second kappa shape index (κ2) is 8.01. The molecule has 0 bridgehead atoms. The van der Waals surface area contributed by atoms with Crippen LogP contribution in [-0.2, 0) is 4.79 Å². The normalized spacial score (nSPS) is 50.2. The third kappa shape index (κ3) is 3.78. The van der Waals surface area contributed by atoms with Crippen LogP contribution in [0.15, 0.2) is 0 Å². The predicted molar refractivity (Wildman–Crippen MR) is 122 cm³/mol. The zero-order chi connectivity index (χ0) is 22.0. The van der Waals surface area contributed by atoms with Crippen molar-refractivity contribution in [1.82, 2.24) is 5.32 Å². The van der Waals surface area contributed by atoms with Gasteiger partial charge >= 0.3 is 0 Å². The van der Waals surface area contributed by atoms with Gasteiger partial charge in [0.15, 0.2) is 0 Å². The molecular formula is C27H45NO3. The van der Waals surface area contributed by atoms with Crippen molar-refractivity contribution in [3.05, 3.63) is 0 Å². The lowest BCUT2D eigenvalue weighted by Crippen LogP contribution is -2.58. The molecule has 31 heavy (non-hydrogen) atoms. The van der Waals surface area contributed by atoms with E-state index in [0.29, 0.717) is 41.9 Å². The molecule has 5 fully saturated rings. The fraction of sp³-hybridized carbons (Fsp3) is 0.963. The lowest BCUT2D eigenvalue weighted by atomic mass is 9.43. The minimum atomic E-state index is -0.214. The molecule has 5 saturated carbocycles. The van der Waals surface area contributed by atoms with Crippen LogP contribution in [0.3, 0.4) is 0 Å². The van der Waals surface area contributed by atoms with Crippen molar-refractivity contribution in [2.45, 2.75) is 104 Å². The van der Waals surface area contributed by atoms with Gasteiger partial charge in [-0.05, 0) is 116 Å². The third-order valence-corrected chi connectivity index (χ3v) is 11.2. The molecular weight excluding hydrogens is 386 g/mol. The number of amides is 1. The average Bonchev–Trinajstić information content (AvgIpc) is 3.47. The summed E-state index contributed by atoms with van der Waals surface area (Å²) in [6, 6.07) is 0. The van der Waals surface area contributed by atoms with Gasteiger partial charge in [-0.3, -0.25) is 4.79 Å². The Morgan fingerprint density at radius 1 is 0.968 bits per heavy atom. The second-order valence-corrected chi connectivity index (χ2v) is 12.9. The molecule has 5 rings (SSSR count). The molecule has 5 aliphatic carbocycles. The molecule has 0 aromatic rings. The minimum absolute atomic E-state index is 0.168. The van der Waals surface area contributed by atoms with Crippen molar-refractivity contribution in [3.63, 3.8) is 0 Å². The lowest BCUT2D eigenvalue weighted by molar-refractivity contribution is -0.174. The number of carbonyl (C=O) groups excluding carboxylic acids is 1. The van der Waals surface area contributed by atoms with Crippen molar-refractivity contribution < 1.29 is 15.0 Å². The molecule has 0 saturated heterocycles. The molecule has 0 aromatic carbocycles. The summed E-state index contributed by atoms with van der Waals surface area (Å²) in [5.41, 5.74) is 0.548. The number of hydrogen-bond donors (Lipinski definition) is 3. The second-order valence-electron chi connectivity index (χ2n) is 12.9. The fourth-order valence-electron chi connectivity index (χ4n) is 9.26. The van der Waals surface area contributed by atoms with Crippen LogP contribution in [0.5, 0.6) is 0 Å². The topological polar surface area (TPSA) is 69.6 Å². The summed E-state index contributed by atoms with van der Waals surface area (Å²) >= 11 is 0. The lowest BCUT2D eigenvalue weighted by Gasteiger charge is -2.62. The summed E-state index contributed by atoms with van der Waals surface area (Å²) in [6.45, 7) is 8.16. The van der Waals surface area contributed by atoms with Gasteiger partial charge in [-0.2, -0.15) is 0 Å². The maximum absolute atomic E-state index is 12.5. The van der Waals surface area contributed by atoms with E-state index >= 15 is 0 Å². The van der Waals surface area contributed by atoms with E-state index < -0.39 is 0 Å². The summed E-state index contributed by atoms with van der Waals surface area (Å²) in [6.07, 6.45) is 11.6. The van der Waals surface area contributed by atoms with E-state index in [1.54, 1.807) is 0 Å². The molecule has 0 aromatic heterocycles. The number of fused-ring (bicyclic) bond motifs is 5. The SMILES string of the molecule is C[C@H](CC(=O)NCC1CC1)C1CC[C@H]2C3[C@H](O)CC4C[C@H](O)CCC4(C)[C@H]3CCC12C. The number of aliphatic hydroxyl groups is 2. The van der Waals surface area contributed by atoms with Crippen LogP contribution in [0.1, 0.15) is 91.4 Å². The highest BCUT2D eigenvalue weighted by atomic mass is 16.3. The number of carbonyl (C=O) groups is 1. The van der Waals surface area contributed by atoms with E-state index in [9.17, 15) is 15.0 Å². The molecule has 5 aliphatic rings. The smallest absolute Gasteiger partial charge is 0.220 e. The van der Waals surface area contributed by atoms with Gasteiger partial charge in [-0.1, -0.05) is 20.8 Å². The molecule has 1 amide bonds. The third-order valence-electron chi connectivity index (χ3n) is 11.2. The van der Waals surface area contributed by atoms with Crippen LogP contribution < -0.4 is 5.32 Å². The van der Waals surface area contributed by atoms with Gasteiger partial charge in [0.25, 0.3) is 0 Å². The molecule has 3 N–H and O–H groups in total. The number of hydrogen-bond acceptors (Lipinski definition) is 3. The highest BCUT2D eigenvalue weighted by Gasteiger charge is 2.62. The molecule has 0 aliphatic heterocycles. The van der Waals surface area contributed by atoms with Crippen LogP contribution in [0.2, 0.25) is 0 Å². The van der Waals surface area contributed by atoms with Crippen LogP contribution in [-0.4, -0.2) is 34.9 Å². The quantitative estimate of drug-likeness (QED) is 0.599. The van der Waals surface area contributed by atoms with Gasteiger partial charge < -0.3 is 15.5 Å². The standard InChI is InChI=1S/C27H45NO3/c1-16(12-24(31)28-15-17-4-5-17)20-6-7-21-25-22(9-11-27(20,21)3)26(2)10-8-19(29)13-18(26)14-23(25)30/h16-23,25,29-30H,4-15H2,1-3H3,(H,28,31)/t16-,18?,19-,20?,21+,22+,23-,25?,26?,27?/m1/s1. The van der Waals surface area contributed by atoms with Gasteiger partial charge in [-0.15, -0.1) is 0 Å². The van der Waals surface area contributed by atoms with Gasteiger partial charge in [0, 0.05) is 13.0 Å². The first kappa shape index (κ1) is 22.2. The van der Waals surface area contributed by atoms with Crippen molar-refractivity contribution >= 4 is 5.91 Å². The first-order valence-electron chi connectivity index (χ1n) is 13.3. The van der Waals surface area contributed by atoms with Gasteiger partial charge in [0.05, 0.1) is 12.2 Å². The Kier molecular flexibility index (Phi) is 5.73. The molecule has 4 nitrogen and oxygen atoms in total. The maximum atomic E-state index is 12.5. The molecule has 176 valence electrons. The zero-order valence-electron chi connectivity index (χ0n) is 20.0. The minimum Gasteiger partial charge on any atom is -0.393 e. The Morgan fingerprint density at radius 2 is 1.68 bits per heavy atom. The average molecular weight is 432 g/mol. The van der Waals surface area contributed by atoms with E-state index in [2.05, 4.69) is 26.1 Å². The van der Waals surface area contributed by atoms with Crippen molar-refractivity contribution in [1.29, 1.82) is 0 Å². The largest absolute Gasteiger partial charge is 0.393 e. The van der Waals surface area contributed by atoms with Crippen molar-refractivity contribution in [2.24, 2.45) is 52.3 Å². The molecule has 4 heteroatoms. The highest BCUT2D eigenvalue weighted by molar-refractivity contribution is 5.76. The number of aliphatic hydroxyl groups excluding tert-OH is 2. The number of rotatable bonds is 5. The molecule has 0 heterocycles. The maximum Gasteiger partial charge on any atom is 0.220 e. The van der Waals surface area contributed by atoms with E-state index in [4.69, 9.17) is 0 Å². The molecule has 0 radical (unpaired) electrons. The summed E-state index contributed by atoms with van der Waals surface area (Å²) in [5.74, 6) is 4.07. The van der Waals surface area contributed by atoms with Crippen molar-refractivity contribution in [3.8, 4) is 0 Å². The molecule has 5 unspecified atom stereocenters. The summed E-state index contributed by atoms with van der Waals surface area (Å²) in [7, 11) is 0. The van der Waals surface area contributed by atoms with Gasteiger partial charge in [-0.25, -0.2) is 0 Å². The van der Waals surface area contributed by atoms with E-state index in [1.165, 1.54) is 38.5 Å². The van der Waals surface area contributed by atoms with Gasteiger partial charge in [0.2, 0.25) is 5.91 Å². The van der Waals surface area contributed by atoms with E-state index in [1.807, 2.05) is 0 Å². The Morgan fingerprint density at radius 3 is 2.42 bits per heavy atom. The Bertz CT molecular complexity index is 692.